The number of carbonyl (C=O) groups is 1. The molecule has 9 heteroatoms. The third kappa shape index (κ3) is 6.55. The molecule has 0 bridgehead atoms. The number of phenolic OH excluding ortho intramolecular Hbond substituents is 1. The number of benzene rings is 1. The molecule has 0 saturated carbocycles. The smallest absolute Gasteiger partial charge is 0.289 e. The molecule has 0 saturated heterocycles. The summed E-state index contributed by atoms with van der Waals surface area (Å²) >= 11 is 10.9. The highest BCUT2D eigenvalue weighted by molar-refractivity contribution is 6.44. The van der Waals surface area contributed by atoms with Gasteiger partial charge in [-0.15, -0.1) is 0 Å². The van der Waals surface area contributed by atoms with Gasteiger partial charge in [0.15, 0.2) is 0 Å². The van der Waals surface area contributed by atoms with Crippen molar-refractivity contribution in [2.24, 2.45) is 0 Å². The van der Waals surface area contributed by atoms with Crippen molar-refractivity contribution in [2.75, 3.05) is 27.7 Å². The van der Waals surface area contributed by atoms with Crippen LogP contribution < -0.4 is 5.11 Å². The van der Waals surface area contributed by atoms with E-state index >= 15 is 0 Å². The predicted molar refractivity (Wildman–Crippen MR) is 72.7 cm³/mol. The van der Waals surface area contributed by atoms with Crippen molar-refractivity contribution < 1.29 is 24.4 Å². The molecular weight excluding hydrogens is 311 g/mol. The lowest BCUT2D eigenvalue weighted by molar-refractivity contribution is -0.864. The summed E-state index contributed by atoms with van der Waals surface area (Å²) in [5.74, 6) is -1.27. The molecule has 112 valence electrons. The number of carbonyl (C=O) groups excluding carboxylic acids is 1. The summed E-state index contributed by atoms with van der Waals surface area (Å²) in [6.07, 6.45) is 0. The molecule has 0 unspecified atom stereocenters. The summed E-state index contributed by atoms with van der Waals surface area (Å²) in [6, 6.07) is 2.20. The molecule has 7 nitrogen and oxygen atoms in total. The van der Waals surface area contributed by atoms with Gasteiger partial charge in [-0.25, -0.2) is 0 Å². The van der Waals surface area contributed by atoms with Gasteiger partial charge in [-0.3, -0.25) is 10.1 Å². The molecule has 0 heterocycles. The summed E-state index contributed by atoms with van der Waals surface area (Å²) in [6.45, 7) is 0.0694. The Labute approximate surface area is 125 Å². The number of hydrogen-bond acceptors (Lipinski definition) is 5. The molecule has 0 aliphatic carbocycles. The van der Waals surface area contributed by atoms with Crippen LogP contribution in [-0.2, 0) is 4.79 Å². The highest BCUT2D eigenvalue weighted by Crippen LogP contribution is 2.37. The Morgan fingerprint density at radius 1 is 1.30 bits per heavy atom. The number of carboxylic acids is 1. The molecule has 0 aliphatic rings. The van der Waals surface area contributed by atoms with E-state index in [1.54, 1.807) is 21.1 Å². The van der Waals surface area contributed by atoms with Gasteiger partial charge in [0.1, 0.15) is 22.3 Å². The monoisotopic (exact) mass is 324 g/mol. The number of hydrogen-bond donors (Lipinski definition) is 1. The van der Waals surface area contributed by atoms with Crippen molar-refractivity contribution in [1.29, 1.82) is 0 Å². The van der Waals surface area contributed by atoms with E-state index in [9.17, 15) is 20.0 Å². The Balaban J connectivity index is 0.000000396. The molecule has 0 aromatic heterocycles. The first kappa shape index (κ1) is 18.4. The molecule has 0 aliphatic heterocycles. The number of aromatic hydroxyl groups is 1. The third-order valence-electron chi connectivity index (χ3n) is 1.84. The van der Waals surface area contributed by atoms with Gasteiger partial charge in [0.2, 0.25) is 0 Å². The van der Waals surface area contributed by atoms with Crippen LogP contribution in [0.15, 0.2) is 12.1 Å². The molecule has 1 aromatic carbocycles. The van der Waals surface area contributed by atoms with Crippen molar-refractivity contribution in [3.8, 4) is 5.75 Å². The molecule has 0 fully saturated rings. The van der Waals surface area contributed by atoms with Crippen LogP contribution in [0.1, 0.15) is 0 Å². The van der Waals surface area contributed by atoms with Crippen LogP contribution in [0.3, 0.4) is 0 Å². The van der Waals surface area contributed by atoms with Crippen LogP contribution >= 0.6 is 23.2 Å². The van der Waals surface area contributed by atoms with Gasteiger partial charge < -0.3 is 19.5 Å². The topological polar surface area (TPSA) is 104 Å². The number of phenols is 1. The van der Waals surface area contributed by atoms with Gasteiger partial charge in [0.05, 0.1) is 32.0 Å². The van der Waals surface area contributed by atoms with E-state index in [1.807, 2.05) is 0 Å². The zero-order valence-electron chi connectivity index (χ0n) is 11.1. The lowest BCUT2D eigenvalue weighted by Gasteiger charge is -2.23. The number of carboxylic acid groups (broad SMARTS) is 1. The van der Waals surface area contributed by atoms with Gasteiger partial charge in [-0.05, 0) is 6.07 Å². The van der Waals surface area contributed by atoms with Crippen molar-refractivity contribution in [3.05, 3.63) is 32.3 Å². The Bertz CT molecular complexity index is 514. The average molecular weight is 325 g/mol. The molecule has 0 atom stereocenters. The van der Waals surface area contributed by atoms with E-state index in [0.29, 0.717) is 4.48 Å². The molecule has 1 aromatic rings. The van der Waals surface area contributed by atoms with E-state index in [4.69, 9.17) is 28.3 Å². The number of halogens is 2. The minimum atomic E-state index is -1.00. The van der Waals surface area contributed by atoms with Crippen LogP contribution in [0, 0.1) is 10.1 Å². The third-order valence-corrected chi connectivity index (χ3v) is 2.70. The van der Waals surface area contributed by atoms with Gasteiger partial charge in [-0.1, -0.05) is 23.2 Å². The van der Waals surface area contributed by atoms with Crippen LogP contribution in [0.5, 0.6) is 5.75 Å². The standard InChI is InChI=1S/C6H3Cl2NO3.C5H11NO2/c7-5-3(9(11)12)1-2-4(10)6(5)8;1-6(2,3)4-5(7)8/h1-2,10H;4H2,1-3H3. The van der Waals surface area contributed by atoms with E-state index in [-0.39, 0.29) is 28.0 Å². The summed E-state index contributed by atoms with van der Waals surface area (Å²) in [7, 11) is 5.40. The fourth-order valence-corrected chi connectivity index (χ4v) is 1.45. The maximum absolute atomic E-state index is 10.3. The number of quaternary nitrogens is 1. The van der Waals surface area contributed by atoms with Gasteiger partial charge in [0, 0.05) is 6.07 Å². The highest BCUT2D eigenvalue weighted by atomic mass is 35.5. The fourth-order valence-electron chi connectivity index (χ4n) is 1.06. The van der Waals surface area contributed by atoms with Crippen molar-refractivity contribution in [2.45, 2.75) is 0 Å². The van der Waals surface area contributed by atoms with Crippen LogP contribution in [0.25, 0.3) is 0 Å². The fraction of sp³-hybridized carbons (Fsp3) is 0.364. The second kappa shape index (κ2) is 7.28. The zero-order valence-corrected chi connectivity index (χ0v) is 12.6. The number of aliphatic carboxylic acids is 1. The van der Waals surface area contributed by atoms with E-state index in [2.05, 4.69) is 0 Å². The van der Waals surface area contributed by atoms with E-state index in [1.165, 1.54) is 0 Å². The number of nitrogens with zero attached hydrogens (tertiary/aromatic N) is 2. The van der Waals surface area contributed by atoms with Crippen LogP contribution in [-0.4, -0.2) is 48.2 Å². The molecule has 1 N–H and O–H groups in total. The first-order valence-corrected chi connectivity index (χ1v) is 6.03. The summed E-state index contributed by atoms with van der Waals surface area (Å²) < 4.78 is 0.419. The molecule has 1 rings (SSSR count). The molecule has 0 radical (unpaired) electrons. The second-order valence-electron chi connectivity index (χ2n) is 4.81. The maximum Gasteiger partial charge on any atom is 0.289 e. The van der Waals surface area contributed by atoms with Crippen molar-refractivity contribution in [1.82, 2.24) is 0 Å². The number of nitro benzene ring substituents is 1. The number of nitro groups is 1. The van der Waals surface area contributed by atoms with Crippen molar-refractivity contribution >= 4 is 34.9 Å². The zero-order chi connectivity index (χ0) is 16.1. The largest absolute Gasteiger partial charge is 0.544 e. The molecular formula is C11H14Cl2N2O5. The quantitative estimate of drug-likeness (QED) is 0.508. The number of rotatable bonds is 3. The lowest BCUT2D eigenvalue weighted by Crippen LogP contribution is -2.45. The molecule has 0 amide bonds. The van der Waals surface area contributed by atoms with Crippen LogP contribution in [0.2, 0.25) is 10.0 Å². The average Bonchev–Trinajstić information content (AvgIpc) is 2.22. The van der Waals surface area contributed by atoms with Crippen LogP contribution in [0.4, 0.5) is 5.69 Å². The normalized spacial score (nSPS) is 10.4. The maximum atomic E-state index is 10.3. The summed E-state index contributed by atoms with van der Waals surface area (Å²) in [5, 5.41) is 28.7. The summed E-state index contributed by atoms with van der Waals surface area (Å²) in [4.78, 5) is 19.5. The van der Waals surface area contributed by atoms with Gasteiger partial charge >= 0.3 is 0 Å². The lowest BCUT2D eigenvalue weighted by atomic mass is 10.3. The second-order valence-corrected chi connectivity index (χ2v) is 5.57. The minimum absolute atomic E-state index is 0.0694. The first-order valence-electron chi connectivity index (χ1n) is 5.27. The number of likely N-dealkylation sites (N-methyl/N-ethyl adjacent to an activating group) is 1. The molecule has 0 spiro atoms. The highest BCUT2D eigenvalue weighted by Gasteiger charge is 2.17. The SMILES string of the molecule is C[N+](C)(C)CC(=O)[O-].O=[N+]([O-])c1ccc(O)c(Cl)c1Cl. The Morgan fingerprint density at radius 3 is 2.10 bits per heavy atom. The first-order chi connectivity index (χ1) is 8.95. The van der Waals surface area contributed by atoms with E-state index in [0.717, 1.165) is 12.1 Å². The molecule has 20 heavy (non-hydrogen) atoms. The van der Waals surface area contributed by atoms with Gasteiger partial charge in [-0.2, -0.15) is 0 Å². The minimum Gasteiger partial charge on any atom is -0.544 e. The Kier molecular flexibility index (Phi) is 6.70. The Morgan fingerprint density at radius 2 is 1.80 bits per heavy atom. The van der Waals surface area contributed by atoms with Crippen molar-refractivity contribution in [3.63, 3.8) is 0 Å². The Hall–Kier alpha value is -1.57. The summed E-state index contributed by atoms with van der Waals surface area (Å²) in [5.41, 5.74) is -0.320. The predicted octanol–water partition coefficient (Wildman–Crippen LogP) is 1.05. The van der Waals surface area contributed by atoms with E-state index < -0.39 is 10.9 Å². The van der Waals surface area contributed by atoms with Gasteiger partial charge in [0.25, 0.3) is 5.69 Å².